The highest BCUT2D eigenvalue weighted by Crippen LogP contribution is 2.38. The van der Waals surface area contributed by atoms with Crippen LogP contribution in [-0.4, -0.2) is 25.5 Å². The van der Waals surface area contributed by atoms with Crippen LogP contribution in [-0.2, 0) is 4.79 Å². The van der Waals surface area contributed by atoms with Crippen molar-refractivity contribution in [2.24, 2.45) is 11.8 Å². The number of carbonyl (C=O) groups excluding carboxylic acids is 1. The normalized spacial score (nSPS) is 27.4. The molecule has 1 heterocycles. The number of nitrogens with one attached hydrogen (secondary N) is 1. The molecule has 0 radical (unpaired) electrons. The Morgan fingerprint density at radius 3 is 2.60 bits per heavy atom. The van der Waals surface area contributed by atoms with Crippen LogP contribution >= 0.6 is 0 Å². The van der Waals surface area contributed by atoms with Crippen LogP contribution in [0, 0.1) is 11.8 Å². The lowest BCUT2D eigenvalue weighted by molar-refractivity contribution is -0.120. The highest BCUT2D eigenvalue weighted by molar-refractivity contribution is 5.97. The third-order valence-corrected chi connectivity index (χ3v) is 4.49. The molecule has 1 saturated carbocycles. The van der Waals surface area contributed by atoms with E-state index in [1.807, 2.05) is 51.2 Å². The SMILES string of the molecule is CC.CN(C(=O)C1NCC2CCCC21)c1ccccc1. The maximum atomic E-state index is 12.6. The fourth-order valence-electron chi connectivity index (χ4n) is 3.45. The van der Waals surface area contributed by atoms with Crippen molar-refractivity contribution in [3.63, 3.8) is 0 Å². The summed E-state index contributed by atoms with van der Waals surface area (Å²) >= 11 is 0. The van der Waals surface area contributed by atoms with Gasteiger partial charge in [0.2, 0.25) is 5.91 Å². The number of fused-ring (bicyclic) bond motifs is 1. The first-order chi connectivity index (χ1) is 9.77. The molecule has 0 aromatic heterocycles. The molecule has 1 aliphatic heterocycles. The first-order valence-electron chi connectivity index (χ1n) is 7.83. The predicted molar refractivity (Wildman–Crippen MR) is 83.8 cm³/mol. The van der Waals surface area contributed by atoms with E-state index in [-0.39, 0.29) is 11.9 Å². The Morgan fingerprint density at radius 1 is 1.20 bits per heavy atom. The molecule has 1 aliphatic carbocycles. The minimum absolute atomic E-state index is 0.0303. The number of rotatable bonds is 2. The Balaban J connectivity index is 0.000000704. The summed E-state index contributed by atoms with van der Waals surface area (Å²) in [6, 6.07) is 9.92. The van der Waals surface area contributed by atoms with Crippen molar-refractivity contribution in [2.75, 3.05) is 18.5 Å². The molecule has 3 rings (SSSR count). The van der Waals surface area contributed by atoms with Crippen molar-refractivity contribution in [2.45, 2.75) is 39.2 Å². The number of amides is 1. The summed E-state index contributed by atoms with van der Waals surface area (Å²) in [7, 11) is 1.88. The Morgan fingerprint density at radius 2 is 1.90 bits per heavy atom. The highest BCUT2D eigenvalue weighted by atomic mass is 16.2. The molecule has 3 heteroatoms. The maximum Gasteiger partial charge on any atom is 0.244 e. The van der Waals surface area contributed by atoms with E-state index in [0.717, 1.165) is 18.2 Å². The van der Waals surface area contributed by atoms with E-state index in [0.29, 0.717) is 5.92 Å². The van der Waals surface area contributed by atoms with Crippen LogP contribution < -0.4 is 10.2 Å². The summed E-state index contributed by atoms with van der Waals surface area (Å²) in [6.45, 7) is 5.02. The van der Waals surface area contributed by atoms with Crippen LogP contribution in [0.5, 0.6) is 0 Å². The standard InChI is InChI=1S/C15H20N2O.C2H6/c1-17(12-7-3-2-4-8-12)15(18)14-13-9-5-6-11(13)10-16-14;1-2/h2-4,7-8,11,13-14,16H,5-6,9-10H2,1H3;1-2H3. The molecule has 1 aromatic rings. The van der Waals surface area contributed by atoms with Crippen LogP contribution in [0.4, 0.5) is 5.69 Å². The van der Waals surface area contributed by atoms with Gasteiger partial charge < -0.3 is 10.2 Å². The number of likely N-dealkylation sites (N-methyl/N-ethyl adjacent to an activating group) is 1. The Bertz CT molecular complexity index is 432. The first-order valence-corrected chi connectivity index (χ1v) is 7.83. The van der Waals surface area contributed by atoms with Crippen molar-refractivity contribution >= 4 is 11.6 Å². The summed E-state index contributed by atoms with van der Waals surface area (Å²) < 4.78 is 0. The van der Waals surface area contributed by atoms with Crippen molar-refractivity contribution in [3.8, 4) is 0 Å². The quantitative estimate of drug-likeness (QED) is 0.899. The summed E-state index contributed by atoms with van der Waals surface area (Å²) in [5, 5.41) is 3.42. The third kappa shape index (κ3) is 2.88. The van der Waals surface area contributed by atoms with Gasteiger partial charge in [0.1, 0.15) is 0 Å². The molecule has 2 aliphatic rings. The second-order valence-electron chi connectivity index (χ2n) is 5.47. The molecule has 1 saturated heterocycles. The average Bonchev–Trinajstić information content (AvgIpc) is 3.12. The van der Waals surface area contributed by atoms with Gasteiger partial charge in [0.25, 0.3) is 0 Å². The Labute approximate surface area is 122 Å². The zero-order valence-corrected chi connectivity index (χ0v) is 12.8. The largest absolute Gasteiger partial charge is 0.314 e. The monoisotopic (exact) mass is 274 g/mol. The smallest absolute Gasteiger partial charge is 0.244 e. The first kappa shape index (κ1) is 15.0. The molecular formula is C17H26N2O. The molecular weight excluding hydrogens is 248 g/mol. The van der Waals surface area contributed by atoms with Crippen LogP contribution in [0.25, 0.3) is 0 Å². The van der Waals surface area contributed by atoms with E-state index in [2.05, 4.69) is 5.32 Å². The van der Waals surface area contributed by atoms with Crippen molar-refractivity contribution in [1.29, 1.82) is 0 Å². The molecule has 3 unspecified atom stereocenters. The lowest BCUT2D eigenvalue weighted by Crippen LogP contribution is -2.44. The summed E-state index contributed by atoms with van der Waals surface area (Å²) in [5.74, 6) is 1.50. The zero-order chi connectivity index (χ0) is 14.5. The number of nitrogens with zero attached hydrogens (tertiary/aromatic N) is 1. The third-order valence-electron chi connectivity index (χ3n) is 4.49. The van der Waals surface area contributed by atoms with Gasteiger partial charge in [-0.15, -0.1) is 0 Å². The van der Waals surface area contributed by atoms with Crippen LogP contribution in [0.1, 0.15) is 33.1 Å². The van der Waals surface area contributed by atoms with Crippen LogP contribution in [0.15, 0.2) is 30.3 Å². The second-order valence-corrected chi connectivity index (χ2v) is 5.47. The number of carbonyl (C=O) groups is 1. The van der Waals surface area contributed by atoms with E-state index in [4.69, 9.17) is 0 Å². The maximum absolute atomic E-state index is 12.6. The number of hydrogen-bond donors (Lipinski definition) is 1. The minimum Gasteiger partial charge on any atom is -0.314 e. The van der Waals surface area contributed by atoms with E-state index >= 15 is 0 Å². The highest BCUT2D eigenvalue weighted by Gasteiger charge is 2.43. The van der Waals surface area contributed by atoms with Gasteiger partial charge >= 0.3 is 0 Å². The van der Waals surface area contributed by atoms with Gasteiger partial charge in [0, 0.05) is 12.7 Å². The summed E-state index contributed by atoms with van der Waals surface area (Å²) in [4.78, 5) is 14.3. The Kier molecular flexibility index (Phi) is 5.18. The molecule has 20 heavy (non-hydrogen) atoms. The number of anilines is 1. The molecule has 3 nitrogen and oxygen atoms in total. The van der Waals surface area contributed by atoms with Gasteiger partial charge in [-0.3, -0.25) is 4.79 Å². The number of para-hydroxylation sites is 1. The van der Waals surface area contributed by atoms with Gasteiger partial charge in [-0.2, -0.15) is 0 Å². The molecule has 3 atom stereocenters. The molecule has 0 spiro atoms. The minimum atomic E-state index is 0.0303. The lowest BCUT2D eigenvalue weighted by atomic mass is 9.93. The van der Waals surface area contributed by atoms with E-state index in [1.165, 1.54) is 19.3 Å². The number of hydrogen-bond acceptors (Lipinski definition) is 2. The molecule has 110 valence electrons. The van der Waals surface area contributed by atoms with Gasteiger partial charge in [-0.25, -0.2) is 0 Å². The van der Waals surface area contributed by atoms with E-state index in [9.17, 15) is 4.79 Å². The molecule has 2 fully saturated rings. The van der Waals surface area contributed by atoms with Crippen molar-refractivity contribution in [1.82, 2.24) is 5.32 Å². The molecule has 1 aromatic carbocycles. The number of benzene rings is 1. The predicted octanol–water partition coefficient (Wildman–Crippen LogP) is 3.06. The topological polar surface area (TPSA) is 32.3 Å². The van der Waals surface area contributed by atoms with Crippen molar-refractivity contribution in [3.05, 3.63) is 30.3 Å². The van der Waals surface area contributed by atoms with Crippen molar-refractivity contribution < 1.29 is 4.79 Å². The molecule has 1 N–H and O–H groups in total. The lowest BCUT2D eigenvalue weighted by Gasteiger charge is -2.24. The van der Waals surface area contributed by atoms with Gasteiger partial charge in [0.15, 0.2) is 0 Å². The van der Waals surface area contributed by atoms with E-state index < -0.39 is 0 Å². The fraction of sp³-hybridized carbons (Fsp3) is 0.588. The van der Waals surface area contributed by atoms with Gasteiger partial charge in [-0.1, -0.05) is 38.5 Å². The summed E-state index contributed by atoms with van der Waals surface area (Å²) in [6.07, 6.45) is 3.78. The zero-order valence-electron chi connectivity index (χ0n) is 12.8. The van der Waals surface area contributed by atoms with E-state index in [1.54, 1.807) is 4.90 Å². The van der Waals surface area contributed by atoms with Gasteiger partial charge in [0.05, 0.1) is 6.04 Å². The second kappa shape index (κ2) is 6.89. The molecule has 1 amide bonds. The summed E-state index contributed by atoms with van der Waals surface area (Å²) in [5.41, 5.74) is 0.978. The Hall–Kier alpha value is -1.35. The molecule has 0 bridgehead atoms. The van der Waals surface area contributed by atoms with Gasteiger partial charge in [-0.05, 0) is 43.4 Å². The van der Waals surface area contributed by atoms with Crippen LogP contribution in [0.3, 0.4) is 0 Å². The fourth-order valence-corrected chi connectivity index (χ4v) is 3.45. The van der Waals surface area contributed by atoms with Crippen LogP contribution in [0.2, 0.25) is 0 Å². The average molecular weight is 274 g/mol.